The molecule has 26 heavy (non-hydrogen) atoms. The Morgan fingerprint density at radius 2 is 2.15 bits per heavy atom. The molecule has 1 unspecified atom stereocenters. The SMILES string of the molecule is CCc1cccc(SC[C@@H](C)CNC(C)COC2=C(S)CCC=C2)c1O. The Balaban J connectivity index is 1.70. The Bertz CT molecular complexity index is 643. The first-order valence-electron chi connectivity index (χ1n) is 9.39. The molecule has 144 valence electrons. The standard InChI is InChI=1S/C21H31NO2S2/c1-4-17-8-7-11-20(21(17)23)26-14-15(2)12-22-16(3)13-24-18-9-5-6-10-19(18)25/h5,7-9,11,15-16,22-23,25H,4,6,10,12-14H2,1-3H3/t15-,16?/m0/s1. The number of hydrogen-bond acceptors (Lipinski definition) is 5. The summed E-state index contributed by atoms with van der Waals surface area (Å²) in [5, 5.41) is 13.8. The fraction of sp³-hybridized carbons (Fsp3) is 0.524. The summed E-state index contributed by atoms with van der Waals surface area (Å²) in [6.45, 7) is 8.00. The maximum Gasteiger partial charge on any atom is 0.132 e. The van der Waals surface area contributed by atoms with Crippen molar-refractivity contribution in [2.45, 2.75) is 51.0 Å². The molecule has 0 amide bonds. The highest BCUT2D eigenvalue weighted by Gasteiger charge is 2.12. The monoisotopic (exact) mass is 393 g/mol. The van der Waals surface area contributed by atoms with Crippen LogP contribution < -0.4 is 5.32 Å². The van der Waals surface area contributed by atoms with Crippen molar-refractivity contribution in [3.8, 4) is 5.75 Å². The molecule has 0 spiro atoms. The van der Waals surface area contributed by atoms with Crippen molar-refractivity contribution < 1.29 is 9.84 Å². The summed E-state index contributed by atoms with van der Waals surface area (Å²) in [6.07, 6.45) is 7.03. The van der Waals surface area contributed by atoms with Crippen molar-refractivity contribution in [1.82, 2.24) is 5.32 Å². The average Bonchev–Trinajstić information content (AvgIpc) is 2.65. The summed E-state index contributed by atoms with van der Waals surface area (Å²) in [5.74, 6) is 2.82. The van der Waals surface area contributed by atoms with Crippen LogP contribution in [0.5, 0.6) is 5.75 Å². The molecule has 0 saturated heterocycles. The first-order valence-corrected chi connectivity index (χ1v) is 10.8. The van der Waals surface area contributed by atoms with E-state index in [0.717, 1.165) is 52.7 Å². The summed E-state index contributed by atoms with van der Waals surface area (Å²) < 4.78 is 5.88. The van der Waals surface area contributed by atoms with Crippen molar-refractivity contribution >= 4 is 24.4 Å². The Kier molecular flexibility index (Phi) is 8.96. The second kappa shape index (κ2) is 11.0. The third kappa shape index (κ3) is 6.60. The molecule has 1 aromatic carbocycles. The molecule has 1 aromatic rings. The molecule has 3 nitrogen and oxygen atoms in total. The zero-order valence-corrected chi connectivity index (χ0v) is 17.7. The van der Waals surface area contributed by atoms with E-state index in [4.69, 9.17) is 4.74 Å². The Labute approximate surface area is 167 Å². The van der Waals surface area contributed by atoms with E-state index in [2.05, 4.69) is 44.8 Å². The number of nitrogens with one attached hydrogen (secondary N) is 1. The quantitative estimate of drug-likeness (QED) is 0.379. The minimum Gasteiger partial charge on any atom is -0.506 e. The zero-order chi connectivity index (χ0) is 18.9. The third-order valence-corrected chi connectivity index (χ3v) is 6.21. The molecule has 0 aromatic heterocycles. The van der Waals surface area contributed by atoms with Crippen LogP contribution in [0.2, 0.25) is 0 Å². The van der Waals surface area contributed by atoms with Crippen LogP contribution >= 0.6 is 24.4 Å². The van der Waals surface area contributed by atoms with Crippen LogP contribution in [-0.4, -0.2) is 30.1 Å². The van der Waals surface area contributed by atoms with E-state index >= 15 is 0 Å². The highest BCUT2D eigenvalue weighted by Crippen LogP contribution is 2.32. The van der Waals surface area contributed by atoms with Crippen molar-refractivity contribution in [1.29, 1.82) is 0 Å². The molecular weight excluding hydrogens is 362 g/mol. The van der Waals surface area contributed by atoms with E-state index < -0.39 is 0 Å². The summed E-state index contributed by atoms with van der Waals surface area (Å²) in [4.78, 5) is 2.02. The van der Waals surface area contributed by atoms with Gasteiger partial charge in [0.25, 0.3) is 0 Å². The number of ether oxygens (including phenoxy) is 1. The molecule has 2 N–H and O–H groups in total. The molecule has 0 saturated carbocycles. The lowest BCUT2D eigenvalue weighted by Crippen LogP contribution is -2.34. The largest absolute Gasteiger partial charge is 0.506 e. The molecule has 0 fully saturated rings. The summed E-state index contributed by atoms with van der Waals surface area (Å²) in [6, 6.07) is 6.28. The van der Waals surface area contributed by atoms with Gasteiger partial charge < -0.3 is 15.2 Å². The van der Waals surface area contributed by atoms with E-state index in [1.54, 1.807) is 11.8 Å². The fourth-order valence-corrected chi connectivity index (χ4v) is 3.99. The fourth-order valence-electron chi connectivity index (χ4n) is 2.70. The van der Waals surface area contributed by atoms with Gasteiger partial charge >= 0.3 is 0 Å². The topological polar surface area (TPSA) is 41.5 Å². The number of rotatable bonds is 10. The second-order valence-electron chi connectivity index (χ2n) is 6.91. The normalized spacial score (nSPS) is 16.6. The van der Waals surface area contributed by atoms with Crippen LogP contribution in [0, 0.1) is 5.92 Å². The number of hydrogen-bond donors (Lipinski definition) is 3. The number of thiol groups is 1. The Hall–Kier alpha value is -1.04. The maximum atomic E-state index is 10.3. The van der Waals surface area contributed by atoms with Crippen molar-refractivity contribution in [2.75, 3.05) is 18.9 Å². The van der Waals surface area contributed by atoms with E-state index in [9.17, 15) is 5.11 Å². The smallest absolute Gasteiger partial charge is 0.132 e. The molecule has 0 heterocycles. The third-order valence-electron chi connectivity index (χ3n) is 4.39. The van der Waals surface area contributed by atoms with E-state index in [1.165, 1.54) is 0 Å². The van der Waals surface area contributed by atoms with Gasteiger partial charge in [-0.2, -0.15) is 0 Å². The molecule has 2 rings (SSSR count). The minimum absolute atomic E-state index is 0.281. The van der Waals surface area contributed by atoms with Gasteiger partial charge in [0.05, 0.1) is 0 Å². The lowest BCUT2D eigenvalue weighted by Gasteiger charge is -2.20. The Morgan fingerprint density at radius 3 is 2.88 bits per heavy atom. The van der Waals surface area contributed by atoms with Gasteiger partial charge in [-0.1, -0.05) is 32.1 Å². The molecule has 1 aliphatic rings. The lowest BCUT2D eigenvalue weighted by molar-refractivity contribution is 0.191. The van der Waals surface area contributed by atoms with Gasteiger partial charge in [-0.15, -0.1) is 24.4 Å². The van der Waals surface area contributed by atoms with E-state index in [0.29, 0.717) is 18.3 Å². The molecule has 0 aliphatic heterocycles. The number of phenols is 1. The summed E-state index contributed by atoms with van der Waals surface area (Å²) in [5.41, 5.74) is 1.01. The van der Waals surface area contributed by atoms with Crippen LogP contribution in [0.4, 0.5) is 0 Å². The van der Waals surface area contributed by atoms with Crippen LogP contribution in [0.1, 0.15) is 39.2 Å². The highest BCUT2D eigenvalue weighted by atomic mass is 32.2. The number of allylic oxidation sites excluding steroid dienone is 3. The predicted molar refractivity (Wildman–Crippen MR) is 115 cm³/mol. The number of benzene rings is 1. The number of para-hydroxylation sites is 1. The predicted octanol–water partition coefficient (Wildman–Crippen LogP) is 5.17. The minimum atomic E-state index is 0.281. The molecule has 2 atom stereocenters. The van der Waals surface area contributed by atoms with Gasteiger partial charge in [0.2, 0.25) is 0 Å². The molecule has 1 aliphatic carbocycles. The number of aryl methyl sites for hydroxylation is 1. The zero-order valence-electron chi connectivity index (χ0n) is 16.0. The van der Waals surface area contributed by atoms with E-state index in [-0.39, 0.29) is 6.04 Å². The van der Waals surface area contributed by atoms with Gasteiger partial charge in [0, 0.05) is 21.6 Å². The van der Waals surface area contributed by atoms with Crippen LogP contribution in [0.3, 0.4) is 0 Å². The first kappa shape index (κ1) is 21.3. The van der Waals surface area contributed by atoms with Gasteiger partial charge in [-0.25, -0.2) is 0 Å². The molecular formula is C21H31NO2S2. The maximum absolute atomic E-state index is 10.3. The van der Waals surface area contributed by atoms with Crippen molar-refractivity contribution in [2.24, 2.45) is 5.92 Å². The number of aromatic hydroxyl groups is 1. The van der Waals surface area contributed by atoms with Gasteiger partial charge in [-0.05, 0) is 56.4 Å². The number of phenolic OH excluding ortho intramolecular Hbond substituents is 1. The van der Waals surface area contributed by atoms with Crippen LogP contribution in [0.25, 0.3) is 0 Å². The van der Waals surface area contributed by atoms with Gasteiger partial charge in [0.1, 0.15) is 18.1 Å². The lowest BCUT2D eigenvalue weighted by atomic mass is 10.1. The summed E-state index contributed by atoms with van der Waals surface area (Å²) in [7, 11) is 0. The number of thioether (sulfide) groups is 1. The highest BCUT2D eigenvalue weighted by molar-refractivity contribution is 7.99. The van der Waals surface area contributed by atoms with Crippen molar-refractivity contribution in [3.05, 3.63) is 46.6 Å². The molecule has 0 bridgehead atoms. The van der Waals surface area contributed by atoms with Gasteiger partial charge in [0.15, 0.2) is 0 Å². The molecule has 0 radical (unpaired) electrons. The van der Waals surface area contributed by atoms with Gasteiger partial charge in [-0.3, -0.25) is 0 Å². The molecule has 5 heteroatoms. The van der Waals surface area contributed by atoms with Crippen LogP contribution in [0.15, 0.2) is 45.9 Å². The summed E-state index contributed by atoms with van der Waals surface area (Å²) >= 11 is 6.21. The van der Waals surface area contributed by atoms with Crippen LogP contribution in [-0.2, 0) is 11.2 Å². The average molecular weight is 394 g/mol. The Morgan fingerprint density at radius 1 is 1.35 bits per heavy atom. The second-order valence-corrected chi connectivity index (χ2v) is 8.51. The van der Waals surface area contributed by atoms with E-state index in [1.807, 2.05) is 24.3 Å². The van der Waals surface area contributed by atoms with Crippen molar-refractivity contribution in [3.63, 3.8) is 0 Å². The first-order chi connectivity index (χ1) is 12.5.